The molecule has 0 aliphatic rings. The fraction of sp³-hybridized carbons (Fsp3) is 0.462. The van der Waals surface area contributed by atoms with E-state index in [1.165, 1.54) is 0 Å². The molecule has 0 amide bonds. The molecule has 17 heavy (non-hydrogen) atoms. The number of ether oxygens (including phenoxy) is 1. The van der Waals surface area contributed by atoms with Crippen LogP contribution >= 0.6 is 23.4 Å². The van der Waals surface area contributed by atoms with Crippen molar-refractivity contribution in [3.8, 4) is 5.75 Å². The average molecular weight is 273 g/mol. The first kappa shape index (κ1) is 14.4. The van der Waals surface area contributed by atoms with Crippen LogP contribution in [0.1, 0.15) is 26.3 Å². The Kier molecular flexibility index (Phi) is 4.90. The van der Waals surface area contributed by atoms with Crippen molar-refractivity contribution < 1.29 is 9.53 Å². The van der Waals surface area contributed by atoms with Gasteiger partial charge >= 0.3 is 5.97 Å². The van der Waals surface area contributed by atoms with Crippen LogP contribution in [-0.2, 0) is 4.79 Å². The fourth-order valence-electron chi connectivity index (χ4n) is 1.15. The Bertz CT molecular complexity index is 410. The quantitative estimate of drug-likeness (QED) is 0.612. The molecule has 0 unspecified atom stereocenters. The normalized spacial score (nSPS) is 11.4. The molecular formula is C13H17ClO2S. The summed E-state index contributed by atoms with van der Waals surface area (Å²) in [6, 6.07) is 5.21. The summed E-state index contributed by atoms with van der Waals surface area (Å²) in [5.74, 6) is 0.704. The summed E-state index contributed by atoms with van der Waals surface area (Å²) in [7, 11) is 0. The lowest BCUT2D eigenvalue weighted by atomic mass is 10.2. The molecule has 0 aliphatic heterocycles. The molecule has 1 aromatic carbocycles. The van der Waals surface area contributed by atoms with Gasteiger partial charge in [0.2, 0.25) is 0 Å². The molecule has 0 radical (unpaired) electrons. The summed E-state index contributed by atoms with van der Waals surface area (Å²) in [6.45, 7) is 8.07. The number of carbonyl (C=O) groups excluding carboxylic acids is 1. The van der Waals surface area contributed by atoms with E-state index >= 15 is 0 Å². The molecule has 1 aromatic rings. The molecule has 0 aromatic heterocycles. The molecule has 1 rings (SSSR count). The third-order valence-electron chi connectivity index (χ3n) is 1.98. The predicted molar refractivity (Wildman–Crippen MR) is 74.0 cm³/mol. The van der Waals surface area contributed by atoms with Crippen molar-refractivity contribution in [2.24, 2.45) is 0 Å². The standard InChI is InChI=1S/C13H17ClO2S/c1-9-7-10(14)5-6-11(9)16-12(15)8-17-13(2,3)4/h5-7H,8H2,1-4H3. The molecule has 4 heteroatoms. The second kappa shape index (κ2) is 5.78. The van der Waals surface area contributed by atoms with Crippen molar-refractivity contribution in [1.82, 2.24) is 0 Å². The lowest BCUT2D eigenvalue weighted by molar-refractivity contribution is -0.131. The van der Waals surface area contributed by atoms with Crippen LogP contribution in [0.25, 0.3) is 0 Å². The lowest BCUT2D eigenvalue weighted by Gasteiger charge is -2.16. The highest BCUT2D eigenvalue weighted by Gasteiger charge is 2.15. The fourth-order valence-corrected chi connectivity index (χ4v) is 1.99. The van der Waals surface area contributed by atoms with E-state index in [0.717, 1.165) is 5.56 Å². The second-order valence-electron chi connectivity index (χ2n) is 4.78. The van der Waals surface area contributed by atoms with Crippen molar-refractivity contribution in [1.29, 1.82) is 0 Å². The van der Waals surface area contributed by atoms with Crippen molar-refractivity contribution in [2.75, 3.05) is 5.75 Å². The van der Waals surface area contributed by atoms with Gasteiger partial charge < -0.3 is 4.74 Å². The largest absolute Gasteiger partial charge is 0.426 e. The van der Waals surface area contributed by atoms with Gasteiger partial charge in [0, 0.05) is 9.77 Å². The maximum Gasteiger partial charge on any atom is 0.321 e. The van der Waals surface area contributed by atoms with Crippen molar-refractivity contribution in [2.45, 2.75) is 32.4 Å². The van der Waals surface area contributed by atoms with E-state index < -0.39 is 0 Å². The Hall–Kier alpha value is -0.670. The maximum absolute atomic E-state index is 11.6. The van der Waals surface area contributed by atoms with E-state index in [2.05, 4.69) is 20.8 Å². The second-order valence-corrected chi connectivity index (χ2v) is 7.02. The number of thioether (sulfide) groups is 1. The monoisotopic (exact) mass is 272 g/mol. The predicted octanol–water partition coefficient (Wildman–Crippen LogP) is 4.09. The van der Waals surface area contributed by atoms with Crippen LogP contribution in [0.3, 0.4) is 0 Å². The first-order valence-electron chi connectivity index (χ1n) is 5.39. The highest BCUT2D eigenvalue weighted by atomic mass is 35.5. The van der Waals surface area contributed by atoms with Gasteiger partial charge in [-0.15, -0.1) is 11.8 Å². The van der Waals surface area contributed by atoms with Gasteiger partial charge in [0.1, 0.15) is 5.75 Å². The van der Waals surface area contributed by atoms with E-state index in [-0.39, 0.29) is 10.7 Å². The Morgan fingerprint density at radius 1 is 1.41 bits per heavy atom. The van der Waals surface area contributed by atoms with Gasteiger partial charge in [0.05, 0.1) is 5.75 Å². The number of benzene rings is 1. The Morgan fingerprint density at radius 3 is 2.59 bits per heavy atom. The maximum atomic E-state index is 11.6. The third-order valence-corrected chi connectivity index (χ3v) is 3.46. The molecule has 0 heterocycles. The first-order chi connectivity index (χ1) is 7.78. The van der Waals surface area contributed by atoms with E-state index in [4.69, 9.17) is 16.3 Å². The SMILES string of the molecule is Cc1cc(Cl)ccc1OC(=O)CSC(C)(C)C. The number of rotatable bonds is 3. The van der Waals surface area contributed by atoms with Crippen LogP contribution < -0.4 is 4.74 Å². The molecule has 0 spiro atoms. The van der Waals surface area contributed by atoms with Gasteiger partial charge in [0.15, 0.2) is 0 Å². The van der Waals surface area contributed by atoms with Crippen LogP contribution in [0.2, 0.25) is 5.02 Å². The van der Waals surface area contributed by atoms with Crippen LogP contribution in [0.5, 0.6) is 5.75 Å². The molecule has 0 N–H and O–H groups in total. The van der Waals surface area contributed by atoms with Crippen LogP contribution in [0.4, 0.5) is 0 Å². The molecule has 0 saturated carbocycles. The van der Waals surface area contributed by atoms with Gasteiger partial charge in [-0.05, 0) is 30.7 Å². The van der Waals surface area contributed by atoms with Crippen LogP contribution in [-0.4, -0.2) is 16.5 Å². The minimum Gasteiger partial charge on any atom is -0.426 e. The third kappa shape index (κ3) is 5.46. The Balaban J connectivity index is 2.57. The minimum atomic E-state index is -0.227. The smallest absolute Gasteiger partial charge is 0.321 e. The number of halogens is 1. The Morgan fingerprint density at radius 2 is 2.06 bits per heavy atom. The molecular weight excluding hydrogens is 256 g/mol. The van der Waals surface area contributed by atoms with Crippen molar-refractivity contribution in [3.63, 3.8) is 0 Å². The lowest BCUT2D eigenvalue weighted by Crippen LogP contribution is -2.17. The molecule has 2 nitrogen and oxygen atoms in total. The van der Waals surface area contributed by atoms with E-state index in [0.29, 0.717) is 16.5 Å². The van der Waals surface area contributed by atoms with Crippen LogP contribution in [0, 0.1) is 6.92 Å². The summed E-state index contributed by atoms with van der Waals surface area (Å²) in [5, 5.41) is 0.645. The zero-order valence-corrected chi connectivity index (χ0v) is 12.1. The number of carbonyl (C=O) groups is 1. The van der Waals surface area contributed by atoms with E-state index in [1.807, 2.05) is 6.92 Å². The molecule has 0 aliphatic carbocycles. The summed E-state index contributed by atoms with van der Waals surface area (Å²) in [6.07, 6.45) is 0. The number of hydrogen-bond donors (Lipinski definition) is 0. The number of esters is 1. The van der Waals surface area contributed by atoms with Gasteiger partial charge in [-0.3, -0.25) is 4.79 Å². The van der Waals surface area contributed by atoms with E-state index in [9.17, 15) is 4.79 Å². The first-order valence-corrected chi connectivity index (χ1v) is 6.75. The molecule has 0 saturated heterocycles. The summed E-state index contributed by atoms with van der Waals surface area (Å²) in [4.78, 5) is 11.6. The summed E-state index contributed by atoms with van der Waals surface area (Å²) < 4.78 is 5.34. The average Bonchev–Trinajstić information content (AvgIpc) is 2.18. The van der Waals surface area contributed by atoms with Crippen molar-refractivity contribution >= 4 is 29.3 Å². The highest BCUT2D eigenvalue weighted by Crippen LogP contribution is 2.25. The Labute approximate surface area is 112 Å². The van der Waals surface area contributed by atoms with Gasteiger partial charge in [-0.25, -0.2) is 0 Å². The summed E-state index contributed by atoms with van der Waals surface area (Å²) in [5.41, 5.74) is 0.867. The van der Waals surface area contributed by atoms with Gasteiger partial charge in [-0.2, -0.15) is 0 Å². The highest BCUT2D eigenvalue weighted by molar-refractivity contribution is 8.01. The molecule has 94 valence electrons. The van der Waals surface area contributed by atoms with Gasteiger partial charge in [0.25, 0.3) is 0 Å². The zero-order valence-electron chi connectivity index (χ0n) is 10.5. The zero-order chi connectivity index (χ0) is 13.1. The summed E-state index contributed by atoms with van der Waals surface area (Å²) >= 11 is 7.40. The topological polar surface area (TPSA) is 26.3 Å². The van der Waals surface area contributed by atoms with Crippen LogP contribution in [0.15, 0.2) is 18.2 Å². The number of aryl methyl sites for hydroxylation is 1. The molecule has 0 fully saturated rings. The number of hydrogen-bond acceptors (Lipinski definition) is 3. The van der Waals surface area contributed by atoms with Gasteiger partial charge in [-0.1, -0.05) is 32.4 Å². The van der Waals surface area contributed by atoms with Crippen molar-refractivity contribution in [3.05, 3.63) is 28.8 Å². The minimum absolute atomic E-state index is 0.0636. The van der Waals surface area contributed by atoms with E-state index in [1.54, 1.807) is 30.0 Å². The molecule has 0 atom stereocenters. The molecule has 0 bridgehead atoms.